The van der Waals surface area contributed by atoms with Gasteiger partial charge in [0.15, 0.2) is 5.78 Å². The molecule has 2 rings (SSSR count). The highest BCUT2D eigenvalue weighted by Gasteiger charge is 2.36. The van der Waals surface area contributed by atoms with Crippen molar-refractivity contribution in [1.29, 1.82) is 0 Å². The monoisotopic (exact) mass is 228 g/mol. The van der Waals surface area contributed by atoms with Gasteiger partial charge in [-0.05, 0) is 22.0 Å². The maximum absolute atomic E-state index is 11.3. The lowest BCUT2D eigenvalue weighted by molar-refractivity contribution is -0.121. The molecule has 0 saturated heterocycles. The van der Waals surface area contributed by atoms with E-state index in [4.69, 9.17) is 4.74 Å². The van der Waals surface area contributed by atoms with Crippen molar-refractivity contribution in [2.45, 2.75) is 11.4 Å². The van der Waals surface area contributed by atoms with E-state index >= 15 is 0 Å². The molecule has 0 bridgehead atoms. The van der Waals surface area contributed by atoms with E-state index in [1.165, 1.54) is 0 Å². The van der Waals surface area contributed by atoms with E-state index < -0.39 is 5.01 Å². The highest BCUT2D eigenvalue weighted by Crippen LogP contribution is 2.30. The number of hydrogen-bond acceptors (Lipinski definition) is 3. The molecular weight excluding hydrogens is 224 g/mol. The Morgan fingerprint density at radius 1 is 1.50 bits per heavy atom. The van der Waals surface area contributed by atoms with Gasteiger partial charge >= 0.3 is 0 Å². The molecule has 12 heavy (non-hydrogen) atoms. The minimum atomic E-state index is -0.672. The average Bonchev–Trinajstić information content (AvgIpc) is 2.29. The minimum Gasteiger partial charge on any atom is -0.470 e. The van der Waals surface area contributed by atoms with E-state index in [1.54, 1.807) is 12.2 Å². The lowest BCUT2D eigenvalue weighted by Gasteiger charge is -2.02. The van der Waals surface area contributed by atoms with Gasteiger partial charge in [0.05, 0.1) is 0 Å². The summed E-state index contributed by atoms with van der Waals surface area (Å²) in [5.74, 6) is -0.0167. The van der Waals surface area contributed by atoms with Crippen molar-refractivity contribution in [2.75, 3.05) is 0 Å². The summed E-state index contributed by atoms with van der Waals surface area (Å²) in [6.45, 7) is 0. The summed E-state index contributed by atoms with van der Waals surface area (Å²) in [4.78, 5) is 22.5. The lowest BCUT2D eigenvalue weighted by atomic mass is 10.0. The van der Waals surface area contributed by atoms with E-state index in [9.17, 15) is 9.59 Å². The van der Waals surface area contributed by atoms with Crippen LogP contribution >= 0.6 is 15.9 Å². The Balaban J connectivity index is 2.46. The molecule has 1 heterocycles. The molecule has 0 N–H and O–H groups in total. The van der Waals surface area contributed by atoms with E-state index in [1.807, 2.05) is 0 Å². The number of rotatable bonds is 0. The van der Waals surface area contributed by atoms with Crippen LogP contribution in [-0.4, -0.2) is 16.6 Å². The van der Waals surface area contributed by atoms with Gasteiger partial charge in [-0.2, -0.15) is 0 Å². The molecule has 1 aliphatic heterocycles. The molecule has 4 heteroatoms. The number of carbonyl (C=O) groups is 2. The Labute approximate surface area is 77.2 Å². The Morgan fingerprint density at radius 2 is 2.25 bits per heavy atom. The van der Waals surface area contributed by atoms with Crippen molar-refractivity contribution in [3.05, 3.63) is 23.5 Å². The first-order valence-corrected chi connectivity index (χ1v) is 4.40. The second-order valence-corrected chi connectivity index (χ2v) is 3.40. The standard InChI is InChI=1S/C8H5BrO3/c9-8-7(11)6-4(10)2-1-3-5(6)12-8/h1,3,8H,2H2. The third kappa shape index (κ3) is 0.948. The molecule has 3 nitrogen and oxygen atoms in total. The molecule has 1 aliphatic carbocycles. The van der Waals surface area contributed by atoms with Crippen LogP contribution in [0.25, 0.3) is 0 Å². The molecule has 0 aromatic heterocycles. The van der Waals surface area contributed by atoms with Gasteiger partial charge in [-0.15, -0.1) is 0 Å². The molecule has 0 radical (unpaired) electrons. The molecule has 0 spiro atoms. The first kappa shape index (κ1) is 7.73. The van der Waals surface area contributed by atoms with Gasteiger partial charge in [0.25, 0.3) is 0 Å². The van der Waals surface area contributed by atoms with E-state index in [2.05, 4.69) is 15.9 Å². The van der Waals surface area contributed by atoms with Crippen LogP contribution in [0, 0.1) is 0 Å². The maximum atomic E-state index is 11.3. The Morgan fingerprint density at radius 3 is 2.92 bits per heavy atom. The fourth-order valence-electron chi connectivity index (χ4n) is 1.23. The van der Waals surface area contributed by atoms with Crippen molar-refractivity contribution in [2.24, 2.45) is 0 Å². The third-order valence-corrected chi connectivity index (χ3v) is 2.38. The molecular formula is C8H5BrO3. The number of allylic oxidation sites excluding steroid dienone is 2. The van der Waals surface area contributed by atoms with Crippen molar-refractivity contribution >= 4 is 27.5 Å². The van der Waals surface area contributed by atoms with Crippen LogP contribution in [0.3, 0.4) is 0 Å². The van der Waals surface area contributed by atoms with Crippen LogP contribution in [0.5, 0.6) is 0 Å². The summed E-state index contributed by atoms with van der Waals surface area (Å²) in [5, 5.41) is -0.672. The van der Waals surface area contributed by atoms with E-state index in [0.717, 1.165) is 0 Å². The van der Waals surface area contributed by atoms with Crippen LogP contribution in [-0.2, 0) is 14.3 Å². The van der Waals surface area contributed by atoms with Gasteiger partial charge in [0.1, 0.15) is 11.3 Å². The number of halogens is 1. The van der Waals surface area contributed by atoms with E-state index in [-0.39, 0.29) is 17.1 Å². The highest BCUT2D eigenvalue weighted by molar-refractivity contribution is 9.09. The van der Waals surface area contributed by atoms with Crippen molar-refractivity contribution in [3.63, 3.8) is 0 Å². The predicted octanol–water partition coefficient (Wildman–Crippen LogP) is 1.09. The van der Waals surface area contributed by atoms with Gasteiger partial charge in [-0.1, -0.05) is 6.08 Å². The second-order valence-electron chi connectivity index (χ2n) is 2.57. The molecule has 0 aromatic rings. The van der Waals surface area contributed by atoms with Crippen molar-refractivity contribution < 1.29 is 14.3 Å². The van der Waals surface area contributed by atoms with Crippen LogP contribution < -0.4 is 0 Å². The summed E-state index contributed by atoms with van der Waals surface area (Å²) < 4.78 is 5.09. The predicted molar refractivity (Wildman–Crippen MR) is 44.6 cm³/mol. The molecule has 1 atom stereocenters. The number of alkyl halides is 1. The third-order valence-electron chi connectivity index (χ3n) is 1.78. The average molecular weight is 229 g/mol. The fraction of sp³-hybridized carbons (Fsp3) is 0.250. The molecule has 0 aromatic carbocycles. The Bertz CT molecular complexity index is 327. The molecule has 62 valence electrons. The summed E-state index contributed by atoms with van der Waals surface area (Å²) in [5.41, 5.74) is 0.208. The molecule has 2 aliphatic rings. The first-order chi connectivity index (χ1) is 5.70. The number of carbonyl (C=O) groups excluding carboxylic acids is 2. The van der Waals surface area contributed by atoms with Crippen LogP contribution in [0.1, 0.15) is 6.42 Å². The van der Waals surface area contributed by atoms with Gasteiger partial charge in [-0.25, -0.2) is 0 Å². The maximum Gasteiger partial charge on any atom is 0.221 e. The second kappa shape index (κ2) is 2.55. The number of hydrogen-bond donors (Lipinski definition) is 0. The first-order valence-electron chi connectivity index (χ1n) is 3.49. The summed E-state index contributed by atoms with van der Waals surface area (Å²) in [6.07, 6.45) is 3.66. The van der Waals surface area contributed by atoms with E-state index in [0.29, 0.717) is 12.2 Å². The molecule has 1 unspecified atom stereocenters. The van der Waals surface area contributed by atoms with Crippen molar-refractivity contribution in [1.82, 2.24) is 0 Å². The summed E-state index contributed by atoms with van der Waals surface area (Å²) in [7, 11) is 0. The zero-order valence-electron chi connectivity index (χ0n) is 6.04. The Hall–Kier alpha value is -0.900. The quantitative estimate of drug-likeness (QED) is 0.461. The van der Waals surface area contributed by atoms with Crippen molar-refractivity contribution in [3.8, 4) is 0 Å². The number of Topliss-reactive ketones (excluding diaryl/α,β-unsaturated/α-hetero) is 2. The zero-order chi connectivity index (χ0) is 8.72. The van der Waals surface area contributed by atoms with Gasteiger partial charge in [0.2, 0.25) is 10.8 Å². The minimum absolute atomic E-state index is 0.153. The number of ether oxygens (including phenoxy) is 1. The van der Waals surface area contributed by atoms with Gasteiger partial charge < -0.3 is 4.74 Å². The zero-order valence-corrected chi connectivity index (χ0v) is 7.63. The van der Waals surface area contributed by atoms with Crippen LogP contribution in [0.2, 0.25) is 0 Å². The normalized spacial score (nSPS) is 27.6. The van der Waals surface area contributed by atoms with Gasteiger partial charge in [-0.3, -0.25) is 9.59 Å². The van der Waals surface area contributed by atoms with Crippen LogP contribution in [0.15, 0.2) is 23.5 Å². The molecule has 0 amide bonds. The fourth-order valence-corrected chi connectivity index (χ4v) is 1.66. The lowest BCUT2D eigenvalue weighted by Crippen LogP contribution is -2.16. The topological polar surface area (TPSA) is 43.4 Å². The number of ketones is 2. The summed E-state index contributed by atoms with van der Waals surface area (Å²) in [6, 6.07) is 0. The highest BCUT2D eigenvalue weighted by atomic mass is 79.9. The molecule has 0 saturated carbocycles. The van der Waals surface area contributed by atoms with Crippen LogP contribution in [0.4, 0.5) is 0 Å². The molecule has 0 fully saturated rings. The largest absolute Gasteiger partial charge is 0.470 e. The van der Waals surface area contributed by atoms with Gasteiger partial charge in [0, 0.05) is 6.42 Å². The smallest absolute Gasteiger partial charge is 0.221 e. The summed E-state index contributed by atoms with van der Waals surface area (Å²) >= 11 is 3.02. The Kier molecular flexibility index (Phi) is 1.65. The SMILES string of the molecule is O=C1CC=CC2=C1C(=O)C(Br)O2.